The molecule has 0 saturated carbocycles. The van der Waals surface area contributed by atoms with Crippen molar-refractivity contribution in [3.05, 3.63) is 53.9 Å². The first kappa shape index (κ1) is 20.1. The number of aliphatic carboxylic acids is 1. The van der Waals surface area contributed by atoms with Crippen LogP contribution in [-0.4, -0.2) is 46.8 Å². The number of likely N-dealkylation sites (tertiary alicyclic amines) is 1. The maximum Gasteiger partial charge on any atom is 0.320 e. The Balaban J connectivity index is 2.07. The van der Waals surface area contributed by atoms with E-state index in [9.17, 15) is 9.90 Å². The highest BCUT2D eigenvalue weighted by atomic mass is 16.5. The Labute approximate surface area is 166 Å². The second-order valence-corrected chi connectivity index (χ2v) is 6.82. The zero-order chi connectivity index (χ0) is 19.9. The van der Waals surface area contributed by atoms with Crippen LogP contribution in [0.3, 0.4) is 0 Å². The van der Waals surface area contributed by atoms with Gasteiger partial charge in [-0.25, -0.2) is 0 Å². The fourth-order valence-electron chi connectivity index (χ4n) is 3.84. The molecule has 0 bridgehead atoms. The molecule has 0 aliphatic carbocycles. The minimum atomic E-state index is -0.781. The third-order valence-corrected chi connectivity index (χ3v) is 5.01. The lowest BCUT2D eigenvalue weighted by Gasteiger charge is -2.39. The van der Waals surface area contributed by atoms with Crippen molar-refractivity contribution in [2.45, 2.75) is 45.2 Å². The molecule has 1 saturated heterocycles. The van der Waals surface area contributed by atoms with Gasteiger partial charge in [-0.3, -0.25) is 14.7 Å². The summed E-state index contributed by atoms with van der Waals surface area (Å²) in [5, 5.41) is 9.80. The molecule has 1 aliphatic rings. The second-order valence-electron chi connectivity index (χ2n) is 6.82. The predicted octanol–water partition coefficient (Wildman–Crippen LogP) is 3.91. The largest absolute Gasteiger partial charge is 0.490 e. The SMILES string of the molecule is CCOc1ccc(C(c2ccccn2)N2CCCCC2C(=O)O)cc1OCC. The maximum absolute atomic E-state index is 11.9. The van der Waals surface area contributed by atoms with Crippen LogP contribution in [0.25, 0.3) is 0 Å². The van der Waals surface area contributed by atoms with Gasteiger partial charge in [-0.15, -0.1) is 0 Å². The number of aromatic nitrogens is 1. The van der Waals surface area contributed by atoms with Gasteiger partial charge < -0.3 is 14.6 Å². The third kappa shape index (κ3) is 4.44. The van der Waals surface area contributed by atoms with Crippen LogP contribution in [-0.2, 0) is 4.79 Å². The highest BCUT2D eigenvalue weighted by Crippen LogP contribution is 2.37. The van der Waals surface area contributed by atoms with Gasteiger partial charge in [0.25, 0.3) is 0 Å². The van der Waals surface area contributed by atoms with Gasteiger partial charge in [0.05, 0.1) is 24.9 Å². The van der Waals surface area contributed by atoms with Crippen molar-refractivity contribution in [2.24, 2.45) is 0 Å². The van der Waals surface area contributed by atoms with E-state index in [4.69, 9.17) is 9.47 Å². The topological polar surface area (TPSA) is 71.9 Å². The van der Waals surface area contributed by atoms with Crippen LogP contribution in [0.5, 0.6) is 11.5 Å². The van der Waals surface area contributed by atoms with E-state index >= 15 is 0 Å². The summed E-state index contributed by atoms with van der Waals surface area (Å²) in [5.41, 5.74) is 1.79. The standard InChI is InChI=1S/C22H28N2O4/c1-3-27-19-12-11-16(15-20(19)28-4-2)21(17-9-5-7-13-23-17)24-14-8-6-10-18(24)22(25)26/h5,7,9,11-13,15,18,21H,3-4,6,8,10,14H2,1-2H3,(H,25,26). The number of nitrogens with zero attached hydrogens (tertiary/aromatic N) is 2. The summed E-state index contributed by atoms with van der Waals surface area (Å²) in [6.07, 6.45) is 4.30. The Morgan fingerprint density at radius 3 is 2.64 bits per heavy atom. The lowest BCUT2D eigenvalue weighted by atomic mass is 9.94. The maximum atomic E-state index is 11.9. The average molecular weight is 384 g/mol. The first-order valence-electron chi connectivity index (χ1n) is 9.94. The fourth-order valence-corrected chi connectivity index (χ4v) is 3.84. The van der Waals surface area contributed by atoms with Gasteiger partial charge in [0.15, 0.2) is 11.5 Å². The smallest absolute Gasteiger partial charge is 0.320 e. The molecule has 150 valence electrons. The number of hydrogen-bond donors (Lipinski definition) is 1. The summed E-state index contributed by atoms with van der Waals surface area (Å²) >= 11 is 0. The molecule has 6 heteroatoms. The second kappa shape index (κ2) is 9.55. The van der Waals surface area contributed by atoms with Crippen molar-refractivity contribution in [1.29, 1.82) is 0 Å². The quantitative estimate of drug-likeness (QED) is 0.744. The Morgan fingerprint density at radius 2 is 1.96 bits per heavy atom. The van der Waals surface area contributed by atoms with E-state index in [1.165, 1.54) is 0 Å². The van der Waals surface area contributed by atoms with E-state index < -0.39 is 12.0 Å². The lowest BCUT2D eigenvalue weighted by Crippen LogP contribution is -2.47. The zero-order valence-corrected chi connectivity index (χ0v) is 16.5. The molecule has 1 N–H and O–H groups in total. The van der Waals surface area contributed by atoms with Crippen LogP contribution < -0.4 is 9.47 Å². The molecule has 2 atom stereocenters. The molecule has 3 rings (SSSR count). The monoisotopic (exact) mass is 384 g/mol. The molecule has 2 aromatic rings. The molecule has 1 aliphatic heterocycles. The number of ether oxygens (including phenoxy) is 2. The zero-order valence-electron chi connectivity index (χ0n) is 16.5. The van der Waals surface area contributed by atoms with Crippen LogP contribution in [0.4, 0.5) is 0 Å². The number of carboxylic acid groups (broad SMARTS) is 1. The molecule has 1 aromatic heterocycles. The number of carboxylic acids is 1. The summed E-state index contributed by atoms with van der Waals surface area (Å²) in [6, 6.07) is 10.8. The van der Waals surface area contributed by atoms with Gasteiger partial charge >= 0.3 is 5.97 Å². The summed E-state index contributed by atoms with van der Waals surface area (Å²) in [4.78, 5) is 18.5. The number of benzene rings is 1. The number of rotatable bonds is 8. The highest BCUT2D eigenvalue weighted by Gasteiger charge is 2.36. The normalized spacial score (nSPS) is 18.4. The Bertz CT molecular complexity index is 781. The van der Waals surface area contributed by atoms with Gasteiger partial charge in [-0.2, -0.15) is 0 Å². The summed E-state index contributed by atoms with van der Waals surface area (Å²) in [7, 11) is 0. The van der Waals surface area contributed by atoms with Crippen molar-refractivity contribution in [1.82, 2.24) is 9.88 Å². The minimum Gasteiger partial charge on any atom is -0.490 e. The summed E-state index contributed by atoms with van der Waals surface area (Å²) in [6.45, 7) is 5.67. The molecule has 0 spiro atoms. The lowest BCUT2D eigenvalue weighted by molar-refractivity contribution is -0.145. The van der Waals surface area contributed by atoms with Gasteiger partial charge in [0, 0.05) is 6.20 Å². The van der Waals surface area contributed by atoms with Crippen LogP contribution in [0.2, 0.25) is 0 Å². The molecule has 1 aromatic carbocycles. The molecule has 28 heavy (non-hydrogen) atoms. The van der Waals surface area contributed by atoms with Gasteiger partial charge in [-0.1, -0.05) is 18.6 Å². The summed E-state index contributed by atoms with van der Waals surface area (Å²) < 4.78 is 11.5. The molecule has 0 radical (unpaired) electrons. The van der Waals surface area contributed by atoms with Crippen molar-refractivity contribution in [2.75, 3.05) is 19.8 Å². The van der Waals surface area contributed by atoms with E-state index in [1.807, 2.05) is 50.2 Å². The van der Waals surface area contributed by atoms with E-state index in [2.05, 4.69) is 9.88 Å². The molecule has 6 nitrogen and oxygen atoms in total. The number of pyridine rings is 1. The molecular weight excluding hydrogens is 356 g/mol. The third-order valence-electron chi connectivity index (χ3n) is 5.01. The molecular formula is C22H28N2O4. The first-order valence-corrected chi connectivity index (χ1v) is 9.94. The first-order chi connectivity index (χ1) is 13.7. The van der Waals surface area contributed by atoms with Crippen LogP contribution in [0, 0.1) is 0 Å². The predicted molar refractivity (Wildman–Crippen MR) is 107 cm³/mol. The minimum absolute atomic E-state index is 0.252. The fraction of sp³-hybridized carbons (Fsp3) is 0.455. The van der Waals surface area contributed by atoms with E-state index in [0.717, 1.165) is 30.6 Å². The van der Waals surface area contributed by atoms with Gasteiger partial charge in [0.1, 0.15) is 6.04 Å². The van der Waals surface area contributed by atoms with Gasteiger partial charge in [0.2, 0.25) is 0 Å². The Hall–Kier alpha value is -2.60. The van der Waals surface area contributed by atoms with Crippen molar-refractivity contribution in [3.63, 3.8) is 0 Å². The number of carbonyl (C=O) groups is 1. The van der Waals surface area contributed by atoms with Crippen LogP contribution in [0.15, 0.2) is 42.6 Å². The van der Waals surface area contributed by atoms with Crippen molar-refractivity contribution >= 4 is 5.97 Å². The van der Waals surface area contributed by atoms with Crippen LogP contribution >= 0.6 is 0 Å². The van der Waals surface area contributed by atoms with E-state index in [-0.39, 0.29) is 6.04 Å². The number of piperidine rings is 1. The molecule has 0 amide bonds. The highest BCUT2D eigenvalue weighted by molar-refractivity contribution is 5.73. The Kier molecular flexibility index (Phi) is 6.87. The van der Waals surface area contributed by atoms with E-state index in [0.29, 0.717) is 31.1 Å². The Morgan fingerprint density at radius 1 is 1.18 bits per heavy atom. The average Bonchev–Trinajstić information content (AvgIpc) is 2.71. The van der Waals surface area contributed by atoms with E-state index in [1.54, 1.807) is 6.20 Å². The molecule has 1 fully saturated rings. The van der Waals surface area contributed by atoms with Crippen LogP contribution in [0.1, 0.15) is 50.4 Å². The summed E-state index contributed by atoms with van der Waals surface area (Å²) in [5.74, 6) is 0.588. The van der Waals surface area contributed by atoms with Crippen molar-refractivity contribution in [3.8, 4) is 11.5 Å². The number of hydrogen-bond acceptors (Lipinski definition) is 5. The molecule has 2 unspecified atom stereocenters. The van der Waals surface area contributed by atoms with Gasteiger partial charge in [-0.05, 0) is 63.1 Å². The van der Waals surface area contributed by atoms with Crippen molar-refractivity contribution < 1.29 is 19.4 Å². The molecule has 2 heterocycles.